The summed E-state index contributed by atoms with van der Waals surface area (Å²) in [5.74, 6) is 4.41. The Kier molecular flexibility index (Phi) is 7.34. The minimum atomic E-state index is -4.89. The first kappa shape index (κ1) is 30.0. The molecule has 0 aliphatic carbocycles. The lowest BCUT2D eigenvalue weighted by molar-refractivity contribution is -0.140. The largest absolute Gasteiger partial charge is 0.461 e. The molecule has 8 nitrogen and oxygen atoms in total. The van der Waals surface area contributed by atoms with Gasteiger partial charge in [0.15, 0.2) is 5.82 Å². The Hall–Kier alpha value is -3.66. The number of halogens is 4. The maximum atomic E-state index is 15.6. The molecular weight excluding hydrogens is 588 g/mol. The van der Waals surface area contributed by atoms with Crippen molar-refractivity contribution < 1.29 is 27.0 Å². The third-order valence-electron chi connectivity index (χ3n) is 9.70. The van der Waals surface area contributed by atoms with Crippen LogP contribution in [0, 0.1) is 17.7 Å². The van der Waals surface area contributed by atoms with Gasteiger partial charge in [0.1, 0.15) is 12.4 Å². The highest BCUT2D eigenvalue weighted by Gasteiger charge is 2.48. The number of ether oxygens (including phenoxy) is 2. The van der Waals surface area contributed by atoms with Gasteiger partial charge in [0.05, 0.1) is 35.2 Å². The second-order valence-electron chi connectivity index (χ2n) is 13.0. The lowest BCUT2D eigenvalue weighted by Gasteiger charge is -2.37. The lowest BCUT2D eigenvalue weighted by Crippen LogP contribution is -2.52. The Bertz CT molecular complexity index is 1610. The molecule has 238 valence electrons. The fraction of sp³-hybridized carbons (Fsp3) is 0.515. The van der Waals surface area contributed by atoms with Crippen LogP contribution in [0.2, 0.25) is 0 Å². The third kappa shape index (κ3) is 5.34. The fourth-order valence-electron chi connectivity index (χ4n) is 7.91. The van der Waals surface area contributed by atoms with Gasteiger partial charge in [-0.3, -0.25) is 4.90 Å². The van der Waals surface area contributed by atoms with Crippen LogP contribution in [-0.4, -0.2) is 65.3 Å². The first-order chi connectivity index (χ1) is 21.4. The molecule has 5 aliphatic rings. The summed E-state index contributed by atoms with van der Waals surface area (Å²) in [5, 5.41) is 3.61. The molecule has 45 heavy (non-hydrogen) atoms. The van der Waals surface area contributed by atoms with Crippen LogP contribution in [0.1, 0.15) is 66.7 Å². The maximum absolute atomic E-state index is 15.6. The quantitative estimate of drug-likeness (QED) is 0.215. The van der Waals surface area contributed by atoms with E-state index in [1.165, 1.54) is 6.92 Å². The molecule has 4 saturated heterocycles. The number of nitrogens with two attached hydrogens (primary N) is 1. The van der Waals surface area contributed by atoms with Gasteiger partial charge in [0.25, 0.3) is 0 Å². The van der Waals surface area contributed by atoms with Crippen molar-refractivity contribution in [2.24, 2.45) is 0 Å². The predicted molar refractivity (Wildman–Crippen MR) is 161 cm³/mol. The summed E-state index contributed by atoms with van der Waals surface area (Å²) < 4.78 is 71.3. The summed E-state index contributed by atoms with van der Waals surface area (Å²) in [7, 11) is 0. The van der Waals surface area contributed by atoms with Gasteiger partial charge >= 0.3 is 12.2 Å². The number of nitrogens with zero attached hydrogens (tertiary/aromatic N) is 4. The number of hydrogen-bond donors (Lipinski definition) is 2. The molecule has 6 heterocycles. The van der Waals surface area contributed by atoms with Gasteiger partial charge in [-0.25, -0.2) is 4.39 Å². The van der Waals surface area contributed by atoms with Crippen LogP contribution in [0.25, 0.3) is 0 Å². The van der Waals surface area contributed by atoms with Crippen LogP contribution in [0.5, 0.6) is 6.01 Å². The summed E-state index contributed by atoms with van der Waals surface area (Å²) in [5.41, 5.74) is 6.34. The van der Waals surface area contributed by atoms with Gasteiger partial charge in [-0.05, 0) is 38.7 Å². The molecule has 4 fully saturated rings. The van der Waals surface area contributed by atoms with Crippen molar-refractivity contribution in [2.45, 2.75) is 75.5 Å². The first-order valence-corrected chi connectivity index (χ1v) is 15.3. The van der Waals surface area contributed by atoms with Gasteiger partial charge in [-0.2, -0.15) is 23.1 Å². The minimum Gasteiger partial charge on any atom is -0.461 e. The van der Waals surface area contributed by atoms with E-state index in [1.807, 2.05) is 0 Å². The topological polar surface area (TPSA) is 88.8 Å². The number of benzene rings is 1. The van der Waals surface area contributed by atoms with Crippen molar-refractivity contribution in [3.63, 3.8) is 0 Å². The summed E-state index contributed by atoms with van der Waals surface area (Å²) >= 11 is 0. The van der Waals surface area contributed by atoms with E-state index in [-0.39, 0.29) is 24.6 Å². The Morgan fingerprint density at radius 3 is 2.49 bits per heavy atom. The molecule has 12 heteroatoms. The van der Waals surface area contributed by atoms with Crippen molar-refractivity contribution in [1.82, 2.24) is 20.2 Å². The molecular formula is C33H36F4N6O2. The van der Waals surface area contributed by atoms with Crippen molar-refractivity contribution in [3.8, 4) is 17.9 Å². The minimum absolute atomic E-state index is 0.0907. The number of hydrogen-bond acceptors (Lipinski definition) is 8. The highest BCUT2D eigenvalue weighted by atomic mass is 19.4. The SMILES string of the molecule is C=C1CN2CC(=C)CC2(COc2nc3c(c(N4CC5CCC(C4)N5)n2)CO[C@@H](c2c(F)c(N)cc(C#CC)c2C(F)(F)F)C3)C1. The Morgan fingerprint density at radius 2 is 1.84 bits per heavy atom. The smallest absolute Gasteiger partial charge is 0.418 e. The van der Waals surface area contributed by atoms with Gasteiger partial charge < -0.3 is 25.4 Å². The Labute approximate surface area is 259 Å². The van der Waals surface area contributed by atoms with Crippen LogP contribution in [0.3, 0.4) is 0 Å². The molecule has 0 radical (unpaired) electrons. The number of nitrogens with one attached hydrogen (secondary N) is 1. The molecule has 0 spiro atoms. The van der Waals surface area contributed by atoms with E-state index in [4.69, 9.17) is 25.2 Å². The van der Waals surface area contributed by atoms with Gasteiger partial charge in [-0.1, -0.05) is 30.2 Å². The molecule has 0 saturated carbocycles. The van der Waals surface area contributed by atoms with E-state index in [9.17, 15) is 13.2 Å². The summed E-state index contributed by atoms with van der Waals surface area (Å²) in [4.78, 5) is 14.1. The summed E-state index contributed by atoms with van der Waals surface area (Å²) in [6, 6.07) is 1.69. The lowest BCUT2D eigenvalue weighted by atomic mass is 9.90. The second kappa shape index (κ2) is 11.0. The Balaban J connectivity index is 1.27. The van der Waals surface area contributed by atoms with Crippen LogP contribution in [0.4, 0.5) is 29.1 Å². The molecule has 5 aliphatic heterocycles. The van der Waals surface area contributed by atoms with Crippen molar-refractivity contribution in [1.29, 1.82) is 0 Å². The number of aromatic nitrogens is 2. The third-order valence-corrected chi connectivity index (χ3v) is 9.70. The van der Waals surface area contributed by atoms with Crippen LogP contribution < -0.4 is 20.7 Å². The monoisotopic (exact) mass is 624 g/mol. The second-order valence-corrected chi connectivity index (χ2v) is 13.0. The van der Waals surface area contributed by atoms with E-state index >= 15 is 4.39 Å². The molecule has 2 unspecified atom stereocenters. The number of rotatable bonds is 5. The van der Waals surface area contributed by atoms with E-state index in [0.29, 0.717) is 35.8 Å². The van der Waals surface area contributed by atoms with E-state index in [0.717, 1.165) is 69.1 Å². The highest BCUT2D eigenvalue weighted by molar-refractivity contribution is 5.59. The standard InChI is InChI=1S/C33H36F4N6O2/c1-4-5-20-8-24(38)29(34)27(28(20)33(35,36)37)26-9-25-23(16-44-26)30(42-14-21-6-7-22(15-42)39-21)41-31(40-25)45-17-32-10-18(2)12-43(32)13-19(3)11-32/h8,21-22,26,39H,2-3,6-7,9-17,38H2,1H3/t21?,22?,26-/m1/s1. The molecule has 0 amide bonds. The average molecular weight is 625 g/mol. The van der Waals surface area contributed by atoms with Crippen LogP contribution >= 0.6 is 0 Å². The number of piperazine rings is 1. The van der Waals surface area contributed by atoms with Crippen molar-refractivity contribution in [3.05, 3.63) is 64.1 Å². The van der Waals surface area contributed by atoms with Gasteiger partial charge in [0, 0.05) is 61.4 Å². The van der Waals surface area contributed by atoms with Crippen LogP contribution in [-0.2, 0) is 23.9 Å². The van der Waals surface area contributed by atoms with E-state index in [1.54, 1.807) is 0 Å². The predicted octanol–water partition coefficient (Wildman–Crippen LogP) is 4.68. The zero-order valence-electron chi connectivity index (χ0n) is 25.2. The first-order valence-electron chi connectivity index (χ1n) is 15.3. The van der Waals surface area contributed by atoms with Crippen molar-refractivity contribution >= 4 is 11.5 Å². The Morgan fingerprint density at radius 1 is 1.16 bits per heavy atom. The molecule has 3 atom stereocenters. The van der Waals surface area contributed by atoms with E-state index < -0.39 is 40.5 Å². The zero-order chi connectivity index (χ0) is 31.7. The zero-order valence-corrected chi connectivity index (χ0v) is 25.2. The average Bonchev–Trinajstić information content (AvgIpc) is 3.58. The summed E-state index contributed by atoms with van der Waals surface area (Å²) in [6.07, 6.45) is -2.64. The number of nitrogen functional groups attached to an aromatic ring is 1. The normalized spacial score (nSPS) is 25.6. The molecule has 2 aromatic rings. The molecule has 1 aromatic carbocycles. The number of fused-ring (bicyclic) bond motifs is 4. The highest BCUT2D eigenvalue weighted by Crippen LogP contribution is 2.46. The number of alkyl halides is 3. The van der Waals surface area contributed by atoms with Crippen molar-refractivity contribution in [2.75, 3.05) is 43.4 Å². The molecule has 3 N–H and O–H groups in total. The number of anilines is 2. The van der Waals surface area contributed by atoms with Gasteiger partial charge in [-0.15, -0.1) is 5.92 Å². The van der Waals surface area contributed by atoms with Crippen LogP contribution in [0.15, 0.2) is 30.4 Å². The fourth-order valence-corrected chi connectivity index (χ4v) is 7.91. The molecule has 1 aromatic heterocycles. The van der Waals surface area contributed by atoms with E-state index in [2.05, 4.69) is 40.1 Å². The molecule has 2 bridgehead atoms. The van der Waals surface area contributed by atoms with Gasteiger partial charge in [0.2, 0.25) is 0 Å². The summed E-state index contributed by atoms with van der Waals surface area (Å²) in [6.45, 7) is 13.0. The maximum Gasteiger partial charge on any atom is 0.418 e. The molecule has 7 rings (SSSR count).